The molecule has 2 fully saturated rings. The van der Waals surface area contributed by atoms with Crippen LogP contribution in [0.5, 0.6) is 0 Å². The molecular weight excluding hydrogens is 400 g/mol. The van der Waals surface area contributed by atoms with Crippen LogP contribution < -0.4 is 5.32 Å². The van der Waals surface area contributed by atoms with E-state index in [0.717, 1.165) is 51.0 Å². The van der Waals surface area contributed by atoms with E-state index in [2.05, 4.69) is 15.3 Å². The molecule has 174 valence electrons. The number of likely N-dealkylation sites (tertiary alicyclic amines) is 2. The van der Waals surface area contributed by atoms with Crippen molar-refractivity contribution in [3.63, 3.8) is 0 Å². The third-order valence-corrected chi connectivity index (χ3v) is 7.32. The number of halogens is 2. The molecule has 0 saturated carbocycles. The van der Waals surface area contributed by atoms with E-state index in [0.29, 0.717) is 18.8 Å². The largest absolute Gasteiger partial charge is 0.367 e. The van der Waals surface area contributed by atoms with Crippen LogP contribution in [0.1, 0.15) is 71.5 Å². The lowest BCUT2D eigenvalue weighted by Gasteiger charge is -2.42. The average molecular weight is 438 g/mol. The highest BCUT2D eigenvalue weighted by Crippen LogP contribution is 2.38. The summed E-state index contributed by atoms with van der Waals surface area (Å²) in [5.41, 5.74) is 0.620. The maximum atomic E-state index is 14.0. The summed E-state index contributed by atoms with van der Waals surface area (Å²) in [6, 6.07) is 0.828. The Kier molecular flexibility index (Phi) is 6.30. The SMILES string of the molecule is C[C@H](C(=O)N1CCC[C@@H]([C@@H]2C[C@H](C(F)F)n3nc(C(C)(C)C)cc3N2)C1)N1CCCC1. The van der Waals surface area contributed by atoms with Crippen LogP contribution in [0, 0.1) is 5.92 Å². The van der Waals surface area contributed by atoms with Crippen LogP contribution in [0.25, 0.3) is 0 Å². The fourth-order valence-electron chi connectivity index (χ4n) is 5.34. The highest BCUT2D eigenvalue weighted by Gasteiger charge is 2.40. The quantitative estimate of drug-likeness (QED) is 0.776. The fourth-order valence-corrected chi connectivity index (χ4v) is 5.34. The average Bonchev–Trinajstić information content (AvgIpc) is 3.41. The lowest BCUT2D eigenvalue weighted by Crippen LogP contribution is -2.52. The number of anilines is 1. The first-order valence-electron chi connectivity index (χ1n) is 11.8. The molecule has 2 saturated heterocycles. The molecule has 31 heavy (non-hydrogen) atoms. The molecule has 3 aliphatic heterocycles. The minimum atomic E-state index is -2.47. The predicted octanol–water partition coefficient (Wildman–Crippen LogP) is 3.89. The molecule has 0 bridgehead atoms. The number of alkyl halides is 2. The third-order valence-electron chi connectivity index (χ3n) is 7.32. The normalized spacial score (nSPS) is 28.5. The van der Waals surface area contributed by atoms with Crippen molar-refractivity contribution in [3.05, 3.63) is 11.8 Å². The summed E-state index contributed by atoms with van der Waals surface area (Å²) >= 11 is 0. The van der Waals surface area contributed by atoms with Crippen LogP contribution in [0.2, 0.25) is 0 Å². The van der Waals surface area contributed by atoms with Gasteiger partial charge in [-0.15, -0.1) is 0 Å². The molecule has 0 aromatic carbocycles. The van der Waals surface area contributed by atoms with E-state index >= 15 is 0 Å². The van der Waals surface area contributed by atoms with Gasteiger partial charge in [0, 0.05) is 30.6 Å². The van der Waals surface area contributed by atoms with E-state index in [1.54, 1.807) is 0 Å². The Morgan fingerprint density at radius 2 is 1.90 bits per heavy atom. The number of fused-ring (bicyclic) bond motifs is 1. The first-order valence-corrected chi connectivity index (χ1v) is 11.8. The zero-order chi connectivity index (χ0) is 22.3. The summed E-state index contributed by atoms with van der Waals surface area (Å²) in [6.07, 6.45) is 2.07. The van der Waals surface area contributed by atoms with Crippen molar-refractivity contribution in [2.45, 2.75) is 89.8 Å². The van der Waals surface area contributed by atoms with Gasteiger partial charge in [0.25, 0.3) is 6.43 Å². The van der Waals surface area contributed by atoms with Crippen molar-refractivity contribution in [1.29, 1.82) is 0 Å². The van der Waals surface area contributed by atoms with E-state index in [1.807, 2.05) is 38.7 Å². The second kappa shape index (κ2) is 8.68. The monoisotopic (exact) mass is 437 g/mol. The third kappa shape index (κ3) is 4.59. The van der Waals surface area contributed by atoms with Crippen molar-refractivity contribution in [2.75, 3.05) is 31.5 Å². The molecule has 6 nitrogen and oxygen atoms in total. The van der Waals surface area contributed by atoms with Crippen LogP contribution in [0.3, 0.4) is 0 Å². The van der Waals surface area contributed by atoms with E-state index < -0.39 is 12.5 Å². The molecule has 1 amide bonds. The molecule has 1 aromatic rings. The Hall–Kier alpha value is -1.70. The van der Waals surface area contributed by atoms with Crippen molar-refractivity contribution >= 4 is 11.7 Å². The molecule has 4 heterocycles. The second-order valence-corrected chi connectivity index (χ2v) is 10.6. The van der Waals surface area contributed by atoms with Crippen molar-refractivity contribution < 1.29 is 13.6 Å². The summed E-state index contributed by atoms with van der Waals surface area (Å²) in [5.74, 6) is 1.04. The smallest absolute Gasteiger partial charge is 0.260 e. The van der Waals surface area contributed by atoms with Crippen molar-refractivity contribution in [3.8, 4) is 0 Å². The molecule has 4 rings (SSSR count). The number of carbonyl (C=O) groups excluding carboxylic acids is 1. The lowest BCUT2D eigenvalue weighted by atomic mass is 9.85. The number of nitrogens with one attached hydrogen (secondary N) is 1. The van der Waals surface area contributed by atoms with Gasteiger partial charge < -0.3 is 10.2 Å². The zero-order valence-electron chi connectivity index (χ0n) is 19.3. The molecule has 0 radical (unpaired) electrons. The minimum Gasteiger partial charge on any atom is -0.367 e. The van der Waals surface area contributed by atoms with E-state index in [1.165, 1.54) is 4.68 Å². The number of hydrogen-bond donors (Lipinski definition) is 1. The molecule has 8 heteroatoms. The topological polar surface area (TPSA) is 53.4 Å². The number of hydrogen-bond acceptors (Lipinski definition) is 4. The summed E-state index contributed by atoms with van der Waals surface area (Å²) < 4.78 is 29.4. The van der Waals surface area contributed by atoms with Crippen molar-refractivity contribution in [2.24, 2.45) is 5.92 Å². The van der Waals surface area contributed by atoms with E-state index in [4.69, 9.17) is 0 Å². The Morgan fingerprint density at radius 1 is 1.19 bits per heavy atom. The van der Waals surface area contributed by atoms with E-state index in [-0.39, 0.29) is 29.3 Å². The number of rotatable bonds is 4. The van der Waals surface area contributed by atoms with Gasteiger partial charge in [0.15, 0.2) is 0 Å². The van der Waals surface area contributed by atoms with Gasteiger partial charge in [0.2, 0.25) is 5.91 Å². The van der Waals surface area contributed by atoms with Crippen molar-refractivity contribution in [1.82, 2.24) is 19.6 Å². The number of nitrogens with zero attached hydrogens (tertiary/aromatic N) is 4. The van der Waals surface area contributed by atoms with Gasteiger partial charge in [0.05, 0.1) is 11.7 Å². The Labute approximate surface area is 184 Å². The molecule has 1 aromatic heterocycles. The minimum absolute atomic E-state index is 0.0753. The fraction of sp³-hybridized carbons (Fsp3) is 0.826. The standard InChI is InChI=1S/C23H37F2N5O/c1-15(28-9-5-6-10-28)22(31)29-11-7-8-16(14-29)17-12-18(21(24)25)30-20(26-17)13-19(27-30)23(2,3)4/h13,15-18,21,26H,5-12,14H2,1-4H3/t15-,16-,17+,18-/m1/s1. The van der Waals surface area contributed by atoms with Crippen LogP contribution in [-0.2, 0) is 10.2 Å². The maximum absolute atomic E-state index is 14.0. The molecule has 4 atom stereocenters. The van der Waals surface area contributed by atoms with Gasteiger partial charge >= 0.3 is 0 Å². The van der Waals surface area contributed by atoms with E-state index in [9.17, 15) is 13.6 Å². The number of amides is 1. The van der Waals surface area contributed by atoms with Crippen LogP contribution >= 0.6 is 0 Å². The first-order chi connectivity index (χ1) is 14.6. The predicted molar refractivity (Wildman–Crippen MR) is 118 cm³/mol. The summed E-state index contributed by atoms with van der Waals surface area (Å²) in [7, 11) is 0. The summed E-state index contributed by atoms with van der Waals surface area (Å²) in [4.78, 5) is 17.4. The molecule has 1 N–H and O–H groups in total. The zero-order valence-corrected chi connectivity index (χ0v) is 19.3. The highest BCUT2D eigenvalue weighted by atomic mass is 19.3. The van der Waals surface area contributed by atoms with Crippen LogP contribution in [0.15, 0.2) is 6.07 Å². The lowest BCUT2D eigenvalue weighted by molar-refractivity contribution is -0.138. The van der Waals surface area contributed by atoms with Gasteiger partial charge in [-0.1, -0.05) is 20.8 Å². The molecule has 0 aliphatic carbocycles. The second-order valence-electron chi connectivity index (χ2n) is 10.6. The van der Waals surface area contributed by atoms with Crippen LogP contribution in [-0.4, -0.2) is 70.2 Å². The van der Waals surface area contributed by atoms with Gasteiger partial charge in [0.1, 0.15) is 11.9 Å². The Morgan fingerprint density at radius 3 is 2.55 bits per heavy atom. The summed E-state index contributed by atoms with van der Waals surface area (Å²) in [5, 5.41) is 8.03. The van der Waals surface area contributed by atoms with Gasteiger partial charge in [-0.3, -0.25) is 9.69 Å². The highest BCUT2D eigenvalue weighted by molar-refractivity contribution is 5.81. The molecular formula is C23H37F2N5O. The van der Waals surface area contributed by atoms with Gasteiger partial charge in [-0.05, 0) is 58.0 Å². The number of aromatic nitrogens is 2. The molecule has 0 unspecified atom stereocenters. The summed E-state index contributed by atoms with van der Waals surface area (Å²) in [6.45, 7) is 11.5. The number of piperidine rings is 1. The Bertz CT molecular complexity index is 783. The van der Waals surface area contributed by atoms with Gasteiger partial charge in [-0.25, -0.2) is 13.5 Å². The maximum Gasteiger partial charge on any atom is 0.260 e. The Balaban J connectivity index is 1.48. The molecule has 3 aliphatic rings. The number of carbonyl (C=O) groups is 1. The molecule has 0 spiro atoms. The van der Waals surface area contributed by atoms with Gasteiger partial charge in [-0.2, -0.15) is 5.10 Å². The first kappa shape index (κ1) is 22.5. The van der Waals surface area contributed by atoms with Crippen LogP contribution in [0.4, 0.5) is 14.6 Å².